The normalized spacial score (nSPS) is 19.2. The highest BCUT2D eigenvalue weighted by Crippen LogP contribution is 2.13. The van der Waals surface area contributed by atoms with E-state index in [1.54, 1.807) is 24.1 Å². The standard InChI is InChI=1S/C11H16N4O2/c1-15(7-8-3-2-6-17-8)11(16)9-4-5-10(12)14-13-9/h4-5,8H,2-3,6-7H2,1H3,(H2,12,14). The van der Waals surface area contributed by atoms with Crippen LogP contribution in [-0.2, 0) is 4.74 Å². The minimum Gasteiger partial charge on any atom is -0.382 e. The summed E-state index contributed by atoms with van der Waals surface area (Å²) in [5.41, 5.74) is 5.72. The Labute approximate surface area is 99.8 Å². The molecule has 1 saturated heterocycles. The molecule has 0 bridgehead atoms. The smallest absolute Gasteiger partial charge is 0.274 e. The zero-order chi connectivity index (χ0) is 12.3. The van der Waals surface area contributed by atoms with Crippen LogP contribution in [0.2, 0.25) is 0 Å². The van der Waals surface area contributed by atoms with Crippen molar-refractivity contribution in [2.45, 2.75) is 18.9 Å². The molecular formula is C11H16N4O2. The summed E-state index contributed by atoms with van der Waals surface area (Å²) in [4.78, 5) is 13.6. The highest BCUT2D eigenvalue weighted by atomic mass is 16.5. The molecule has 1 fully saturated rings. The molecule has 2 N–H and O–H groups in total. The summed E-state index contributed by atoms with van der Waals surface area (Å²) in [5.74, 6) is 0.149. The van der Waals surface area contributed by atoms with Crippen LogP contribution in [0.25, 0.3) is 0 Å². The zero-order valence-corrected chi connectivity index (χ0v) is 9.80. The Morgan fingerprint density at radius 1 is 1.59 bits per heavy atom. The third kappa shape index (κ3) is 2.91. The Morgan fingerprint density at radius 2 is 2.41 bits per heavy atom. The number of likely N-dealkylation sites (N-methyl/N-ethyl adjacent to an activating group) is 1. The topological polar surface area (TPSA) is 81.3 Å². The molecule has 6 nitrogen and oxygen atoms in total. The number of nitrogen functional groups attached to an aromatic ring is 1. The van der Waals surface area contributed by atoms with Crippen LogP contribution in [0.1, 0.15) is 23.3 Å². The lowest BCUT2D eigenvalue weighted by atomic mass is 10.2. The second-order valence-electron chi connectivity index (χ2n) is 4.16. The molecule has 1 atom stereocenters. The van der Waals surface area contributed by atoms with Gasteiger partial charge >= 0.3 is 0 Å². The van der Waals surface area contributed by atoms with E-state index in [9.17, 15) is 4.79 Å². The van der Waals surface area contributed by atoms with Crippen molar-refractivity contribution in [1.82, 2.24) is 15.1 Å². The van der Waals surface area contributed by atoms with Crippen molar-refractivity contribution < 1.29 is 9.53 Å². The predicted molar refractivity (Wildman–Crippen MR) is 62.4 cm³/mol. The van der Waals surface area contributed by atoms with E-state index in [4.69, 9.17) is 10.5 Å². The lowest BCUT2D eigenvalue weighted by molar-refractivity contribution is 0.0582. The van der Waals surface area contributed by atoms with Crippen LogP contribution in [0.3, 0.4) is 0 Å². The minimum atomic E-state index is -0.159. The zero-order valence-electron chi connectivity index (χ0n) is 9.80. The Bertz CT molecular complexity index is 387. The van der Waals surface area contributed by atoms with Crippen molar-refractivity contribution in [2.75, 3.05) is 25.9 Å². The summed E-state index contributed by atoms with van der Waals surface area (Å²) in [6.07, 6.45) is 2.21. The Balaban J connectivity index is 1.96. The predicted octanol–water partition coefficient (Wildman–Crippen LogP) is 0.310. The SMILES string of the molecule is CN(CC1CCCO1)C(=O)c1ccc(N)nn1. The summed E-state index contributed by atoms with van der Waals surface area (Å²) in [6.45, 7) is 1.37. The van der Waals surface area contributed by atoms with Gasteiger partial charge < -0.3 is 15.4 Å². The number of rotatable bonds is 3. The fourth-order valence-electron chi connectivity index (χ4n) is 1.83. The summed E-state index contributed by atoms with van der Waals surface area (Å²) in [5, 5.41) is 7.43. The summed E-state index contributed by atoms with van der Waals surface area (Å²) in [6, 6.07) is 3.15. The minimum absolute atomic E-state index is 0.144. The van der Waals surface area contributed by atoms with Crippen molar-refractivity contribution in [1.29, 1.82) is 0 Å². The van der Waals surface area contributed by atoms with Gasteiger partial charge in [0.25, 0.3) is 5.91 Å². The van der Waals surface area contributed by atoms with Gasteiger partial charge in [0, 0.05) is 20.2 Å². The Kier molecular flexibility index (Phi) is 3.53. The molecular weight excluding hydrogens is 220 g/mol. The van der Waals surface area contributed by atoms with Crippen molar-refractivity contribution in [3.05, 3.63) is 17.8 Å². The van der Waals surface area contributed by atoms with Gasteiger partial charge in [-0.15, -0.1) is 10.2 Å². The molecule has 0 aromatic carbocycles. The molecule has 1 aliphatic rings. The number of carbonyl (C=O) groups excluding carboxylic acids is 1. The van der Waals surface area contributed by atoms with Gasteiger partial charge in [-0.25, -0.2) is 0 Å². The van der Waals surface area contributed by atoms with E-state index < -0.39 is 0 Å². The number of carbonyl (C=O) groups is 1. The van der Waals surface area contributed by atoms with Crippen LogP contribution >= 0.6 is 0 Å². The van der Waals surface area contributed by atoms with Crippen LogP contribution < -0.4 is 5.73 Å². The number of nitrogens with two attached hydrogens (primary N) is 1. The fourth-order valence-corrected chi connectivity index (χ4v) is 1.83. The highest BCUT2D eigenvalue weighted by Gasteiger charge is 2.21. The van der Waals surface area contributed by atoms with Crippen LogP contribution in [0.4, 0.5) is 5.82 Å². The second kappa shape index (κ2) is 5.09. The molecule has 1 amide bonds. The van der Waals surface area contributed by atoms with Crippen molar-refractivity contribution in [2.24, 2.45) is 0 Å². The van der Waals surface area contributed by atoms with Gasteiger partial charge in [0.1, 0.15) is 5.82 Å². The number of hydrogen-bond donors (Lipinski definition) is 1. The number of hydrogen-bond acceptors (Lipinski definition) is 5. The van der Waals surface area contributed by atoms with Crippen molar-refractivity contribution in [3.63, 3.8) is 0 Å². The number of anilines is 1. The summed E-state index contributed by atoms with van der Waals surface area (Å²) >= 11 is 0. The molecule has 92 valence electrons. The van der Waals surface area contributed by atoms with Crippen molar-refractivity contribution >= 4 is 11.7 Å². The second-order valence-corrected chi connectivity index (χ2v) is 4.16. The molecule has 0 spiro atoms. The molecule has 17 heavy (non-hydrogen) atoms. The van der Waals surface area contributed by atoms with Crippen LogP contribution in [0.5, 0.6) is 0 Å². The van der Waals surface area contributed by atoms with Gasteiger partial charge in [0.05, 0.1) is 6.10 Å². The maximum Gasteiger partial charge on any atom is 0.274 e. The molecule has 1 aromatic rings. The van der Waals surface area contributed by atoms with E-state index in [-0.39, 0.29) is 12.0 Å². The van der Waals surface area contributed by atoms with Gasteiger partial charge in [0.15, 0.2) is 5.69 Å². The number of ether oxygens (including phenoxy) is 1. The van der Waals surface area contributed by atoms with Gasteiger partial charge in [-0.05, 0) is 25.0 Å². The first-order chi connectivity index (χ1) is 8.16. The van der Waals surface area contributed by atoms with E-state index in [1.807, 2.05) is 0 Å². The summed E-state index contributed by atoms with van der Waals surface area (Å²) in [7, 11) is 1.74. The molecule has 1 aromatic heterocycles. The van der Waals surface area contributed by atoms with E-state index in [2.05, 4.69) is 10.2 Å². The first-order valence-electron chi connectivity index (χ1n) is 5.63. The van der Waals surface area contributed by atoms with Crippen LogP contribution in [0.15, 0.2) is 12.1 Å². The average Bonchev–Trinajstić information content (AvgIpc) is 2.82. The Morgan fingerprint density at radius 3 is 3.00 bits per heavy atom. The van der Waals surface area contributed by atoms with Crippen LogP contribution in [-0.4, -0.2) is 47.3 Å². The number of nitrogens with zero attached hydrogens (tertiary/aromatic N) is 3. The largest absolute Gasteiger partial charge is 0.382 e. The maximum absolute atomic E-state index is 12.0. The van der Waals surface area contributed by atoms with E-state index in [0.29, 0.717) is 18.1 Å². The van der Waals surface area contributed by atoms with Gasteiger partial charge in [0.2, 0.25) is 0 Å². The third-order valence-corrected chi connectivity index (χ3v) is 2.75. The fraction of sp³-hybridized carbons (Fsp3) is 0.545. The molecule has 0 aliphatic carbocycles. The number of amides is 1. The highest BCUT2D eigenvalue weighted by molar-refractivity contribution is 5.92. The quantitative estimate of drug-likeness (QED) is 0.816. The molecule has 2 rings (SSSR count). The van der Waals surface area contributed by atoms with Crippen molar-refractivity contribution in [3.8, 4) is 0 Å². The molecule has 0 radical (unpaired) electrons. The summed E-state index contributed by atoms with van der Waals surface area (Å²) < 4.78 is 5.48. The van der Waals surface area contributed by atoms with Gasteiger partial charge in [-0.1, -0.05) is 0 Å². The molecule has 2 heterocycles. The lowest BCUT2D eigenvalue weighted by Crippen LogP contribution is -2.34. The average molecular weight is 236 g/mol. The first-order valence-corrected chi connectivity index (χ1v) is 5.63. The molecule has 1 unspecified atom stereocenters. The lowest BCUT2D eigenvalue weighted by Gasteiger charge is -2.20. The maximum atomic E-state index is 12.0. The van der Waals surface area contributed by atoms with E-state index in [1.165, 1.54) is 0 Å². The van der Waals surface area contributed by atoms with Crippen LogP contribution in [0, 0.1) is 0 Å². The van der Waals surface area contributed by atoms with Gasteiger partial charge in [-0.2, -0.15) is 0 Å². The van der Waals surface area contributed by atoms with E-state index in [0.717, 1.165) is 19.4 Å². The van der Waals surface area contributed by atoms with Gasteiger partial charge in [-0.3, -0.25) is 4.79 Å². The molecule has 0 saturated carbocycles. The number of aromatic nitrogens is 2. The van der Waals surface area contributed by atoms with E-state index >= 15 is 0 Å². The third-order valence-electron chi connectivity index (χ3n) is 2.75. The first kappa shape index (κ1) is 11.8. The molecule has 6 heteroatoms. The monoisotopic (exact) mass is 236 g/mol. The Hall–Kier alpha value is -1.69. The molecule has 1 aliphatic heterocycles.